The topological polar surface area (TPSA) is 73.2 Å². The Morgan fingerprint density at radius 2 is 1.85 bits per heavy atom. The van der Waals surface area contributed by atoms with Gasteiger partial charge in [-0.25, -0.2) is 0 Å². The van der Waals surface area contributed by atoms with Crippen molar-refractivity contribution in [1.29, 1.82) is 5.26 Å². The van der Waals surface area contributed by atoms with Crippen LogP contribution < -0.4 is 10.2 Å². The molecule has 1 aromatic heterocycles. The Morgan fingerprint density at radius 1 is 1.19 bits per heavy atom. The minimum Gasteiger partial charge on any atom is -0.362 e. The van der Waals surface area contributed by atoms with Crippen LogP contribution in [0.5, 0.6) is 0 Å². The minimum absolute atomic E-state index is 0.193. The van der Waals surface area contributed by atoms with Crippen LogP contribution in [0.3, 0.4) is 0 Å². The van der Waals surface area contributed by atoms with Gasteiger partial charge in [-0.1, -0.05) is 37.1 Å². The van der Waals surface area contributed by atoms with Crippen LogP contribution in [0, 0.1) is 11.3 Å². The van der Waals surface area contributed by atoms with Crippen LogP contribution in [0.1, 0.15) is 51.3 Å². The molecule has 134 valence electrons. The van der Waals surface area contributed by atoms with Gasteiger partial charge >= 0.3 is 0 Å². The fourth-order valence-corrected chi connectivity index (χ4v) is 4.57. The first-order valence-corrected chi connectivity index (χ1v) is 9.60. The Balaban J connectivity index is 2.15. The summed E-state index contributed by atoms with van der Waals surface area (Å²) in [6, 6.07) is 9.34. The van der Waals surface area contributed by atoms with E-state index in [1.807, 2.05) is 0 Å². The quantitative estimate of drug-likeness (QED) is 0.833. The molecule has 3 rings (SSSR count). The number of nitrogens with one attached hydrogen (secondary N) is 1. The summed E-state index contributed by atoms with van der Waals surface area (Å²) in [7, 11) is 1.60. The van der Waals surface area contributed by atoms with Gasteiger partial charge in [0.15, 0.2) is 0 Å². The first-order chi connectivity index (χ1) is 12.7. The summed E-state index contributed by atoms with van der Waals surface area (Å²) in [6.45, 7) is 1.82. The van der Waals surface area contributed by atoms with Gasteiger partial charge in [0, 0.05) is 31.3 Å². The smallest absolute Gasteiger partial charge is 0.261 e. The molecule has 6 heteroatoms. The van der Waals surface area contributed by atoms with Gasteiger partial charge in [-0.05, 0) is 18.4 Å². The van der Waals surface area contributed by atoms with Gasteiger partial charge in [-0.15, -0.1) is 11.3 Å². The Bertz CT molecular complexity index is 841. The molecule has 0 spiro atoms. The van der Waals surface area contributed by atoms with Crippen molar-refractivity contribution in [2.24, 2.45) is 0 Å². The van der Waals surface area contributed by atoms with Gasteiger partial charge in [0.1, 0.15) is 22.2 Å². The molecule has 0 radical (unpaired) electrons. The lowest BCUT2D eigenvalue weighted by Gasteiger charge is -2.21. The molecule has 2 aromatic rings. The monoisotopic (exact) mass is 367 g/mol. The highest BCUT2D eigenvalue weighted by Gasteiger charge is 2.26. The molecule has 1 N–H and O–H groups in total. The average molecular weight is 367 g/mol. The summed E-state index contributed by atoms with van der Waals surface area (Å²) >= 11 is 1.39. The number of hydrogen-bond donors (Lipinski definition) is 1. The highest BCUT2D eigenvalue weighted by atomic mass is 32.1. The van der Waals surface area contributed by atoms with E-state index in [4.69, 9.17) is 0 Å². The predicted molar refractivity (Wildman–Crippen MR) is 104 cm³/mol. The molecule has 5 nitrogen and oxygen atoms in total. The van der Waals surface area contributed by atoms with Gasteiger partial charge in [0.25, 0.3) is 5.91 Å². The van der Waals surface area contributed by atoms with Crippen molar-refractivity contribution < 1.29 is 9.59 Å². The van der Waals surface area contributed by atoms with E-state index >= 15 is 0 Å². The third-order valence-corrected chi connectivity index (χ3v) is 5.91. The number of carbonyl (C=O) groups is 2. The van der Waals surface area contributed by atoms with Crippen molar-refractivity contribution in [3.05, 3.63) is 40.3 Å². The molecule has 0 aliphatic carbocycles. The zero-order chi connectivity index (χ0) is 18.5. The average Bonchev–Trinajstić information content (AvgIpc) is 2.86. The maximum Gasteiger partial charge on any atom is 0.261 e. The predicted octanol–water partition coefficient (Wildman–Crippen LogP) is 3.84. The zero-order valence-electron chi connectivity index (χ0n) is 14.7. The molecule has 0 unspecified atom stereocenters. The van der Waals surface area contributed by atoms with Crippen molar-refractivity contribution in [3.8, 4) is 17.2 Å². The van der Waals surface area contributed by atoms with Crippen LogP contribution in [0.15, 0.2) is 24.3 Å². The summed E-state index contributed by atoms with van der Waals surface area (Å²) in [5, 5.41) is 13.4. The number of amides is 1. The molecule has 0 atom stereocenters. The van der Waals surface area contributed by atoms with Gasteiger partial charge in [-0.3, -0.25) is 9.59 Å². The lowest BCUT2D eigenvalue weighted by atomic mass is 10.00. The Morgan fingerprint density at radius 3 is 2.38 bits per heavy atom. The van der Waals surface area contributed by atoms with Crippen LogP contribution in [-0.4, -0.2) is 32.3 Å². The Labute approximate surface area is 157 Å². The second kappa shape index (κ2) is 8.15. The number of hydrogen-bond acceptors (Lipinski definition) is 5. The van der Waals surface area contributed by atoms with E-state index in [0.29, 0.717) is 21.6 Å². The van der Waals surface area contributed by atoms with Crippen LogP contribution in [-0.2, 0) is 0 Å². The second-order valence-electron chi connectivity index (χ2n) is 6.32. The number of carbonyl (C=O) groups excluding carboxylic acids is 2. The molecule has 2 heterocycles. The van der Waals surface area contributed by atoms with Crippen LogP contribution in [0.4, 0.5) is 5.00 Å². The molecule has 1 aliphatic rings. The van der Waals surface area contributed by atoms with Gasteiger partial charge in [0.05, 0.1) is 5.56 Å². The van der Waals surface area contributed by atoms with E-state index in [-0.39, 0.29) is 5.91 Å². The number of aldehydes is 1. The standard InChI is InChI=1S/C20H21N3O2S/c1-22-19(25)18-17(15-8-6-14(13-24)7-9-15)16(12-21)20(26-18)23-10-4-2-3-5-11-23/h6-9,13H,2-5,10-11H2,1H3,(H,22,25). The molecule has 0 saturated carbocycles. The maximum absolute atomic E-state index is 12.5. The molecule has 1 amide bonds. The van der Waals surface area contributed by atoms with Crippen molar-refractivity contribution in [2.75, 3.05) is 25.0 Å². The van der Waals surface area contributed by atoms with E-state index in [2.05, 4.69) is 16.3 Å². The number of anilines is 1. The van der Waals surface area contributed by atoms with Gasteiger partial charge in [0.2, 0.25) is 0 Å². The van der Waals surface area contributed by atoms with Crippen molar-refractivity contribution in [1.82, 2.24) is 5.32 Å². The second-order valence-corrected chi connectivity index (χ2v) is 7.32. The molecular formula is C20H21N3O2S. The van der Waals surface area contributed by atoms with Crippen molar-refractivity contribution in [3.63, 3.8) is 0 Å². The maximum atomic E-state index is 12.5. The van der Waals surface area contributed by atoms with Crippen LogP contribution >= 0.6 is 11.3 Å². The van der Waals surface area contributed by atoms with Crippen LogP contribution in [0.2, 0.25) is 0 Å². The largest absolute Gasteiger partial charge is 0.362 e. The number of benzene rings is 1. The lowest BCUT2D eigenvalue weighted by molar-refractivity contribution is 0.0967. The Hall–Kier alpha value is -2.65. The third kappa shape index (κ3) is 3.49. The highest BCUT2D eigenvalue weighted by Crippen LogP contribution is 2.42. The molecule has 1 fully saturated rings. The number of nitrogens with zero attached hydrogens (tertiary/aromatic N) is 2. The normalized spacial score (nSPS) is 14.4. The summed E-state index contributed by atoms with van der Waals surface area (Å²) < 4.78 is 0. The summed E-state index contributed by atoms with van der Waals surface area (Å²) in [4.78, 5) is 26.2. The SMILES string of the molecule is CNC(=O)c1sc(N2CCCCCC2)c(C#N)c1-c1ccc(C=O)cc1. The summed E-state index contributed by atoms with van der Waals surface area (Å²) in [6.07, 6.45) is 5.38. The van der Waals surface area contributed by atoms with E-state index in [0.717, 1.165) is 42.8 Å². The summed E-state index contributed by atoms with van der Waals surface area (Å²) in [5.74, 6) is -0.193. The summed E-state index contributed by atoms with van der Waals surface area (Å²) in [5.41, 5.74) is 2.56. The van der Waals surface area contributed by atoms with Gasteiger partial charge < -0.3 is 10.2 Å². The van der Waals surface area contributed by atoms with Crippen molar-refractivity contribution >= 4 is 28.5 Å². The third-order valence-electron chi connectivity index (χ3n) is 4.66. The first-order valence-electron chi connectivity index (χ1n) is 8.79. The molecule has 1 aliphatic heterocycles. The fourth-order valence-electron chi connectivity index (χ4n) is 3.30. The van der Waals surface area contributed by atoms with E-state index in [9.17, 15) is 14.9 Å². The first kappa shape index (κ1) is 18.2. The molecule has 26 heavy (non-hydrogen) atoms. The highest BCUT2D eigenvalue weighted by molar-refractivity contribution is 7.18. The molecule has 0 bridgehead atoms. The zero-order valence-corrected chi connectivity index (χ0v) is 15.6. The lowest BCUT2D eigenvalue weighted by Crippen LogP contribution is -2.23. The van der Waals surface area contributed by atoms with Crippen LogP contribution in [0.25, 0.3) is 11.1 Å². The minimum atomic E-state index is -0.193. The fraction of sp³-hybridized carbons (Fsp3) is 0.350. The van der Waals surface area contributed by atoms with E-state index in [1.54, 1.807) is 31.3 Å². The molecular weight excluding hydrogens is 346 g/mol. The number of nitriles is 1. The number of rotatable bonds is 4. The molecule has 1 saturated heterocycles. The van der Waals surface area contributed by atoms with Gasteiger partial charge in [-0.2, -0.15) is 5.26 Å². The van der Waals surface area contributed by atoms with E-state index < -0.39 is 0 Å². The van der Waals surface area contributed by atoms with Crippen molar-refractivity contribution in [2.45, 2.75) is 25.7 Å². The molecule has 1 aromatic carbocycles. The Kier molecular flexibility index (Phi) is 5.69. The number of thiophene rings is 1. The van der Waals surface area contributed by atoms with E-state index in [1.165, 1.54) is 24.2 Å².